The lowest BCUT2D eigenvalue weighted by Crippen LogP contribution is -2.38. The maximum absolute atomic E-state index is 11.6. The van der Waals surface area contributed by atoms with Crippen molar-refractivity contribution < 1.29 is 4.79 Å². The number of rotatable bonds is 2. The molecule has 80 valence electrons. The van der Waals surface area contributed by atoms with E-state index < -0.39 is 5.41 Å². The van der Waals surface area contributed by atoms with Crippen molar-refractivity contribution in [2.45, 2.75) is 31.1 Å². The molecular weight excluding hydrogens is 188 g/mol. The SMILES string of the molecule is NC(=O)C1(c2ccc(N)cc2)CCCC1. The summed E-state index contributed by atoms with van der Waals surface area (Å²) in [6.45, 7) is 0. The van der Waals surface area contributed by atoms with Crippen LogP contribution in [0.3, 0.4) is 0 Å². The van der Waals surface area contributed by atoms with Crippen LogP contribution in [0.25, 0.3) is 0 Å². The van der Waals surface area contributed by atoms with Gasteiger partial charge in [0.15, 0.2) is 0 Å². The average molecular weight is 204 g/mol. The van der Waals surface area contributed by atoms with Gasteiger partial charge in [-0.05, 0) is 30.5 Å². The predicted molar refractivity (Wildman–Crippen MR) is 60.2 cm³/mol. The molecule has 0 saturated heterocycles. The van der Waals surface area contributed by atoms with Gasteiger partial charge in [-0.25, -0.2) is 0 Å². The number of amides is 1. The number of primary amides is 1. The monoisotopic (exact) mass is 204 g/mol. The highest BCUT2D eigenvalue weighted by Crippen LogP contribution is 2.40. The van der Waals surface area contributed by atoms with E-state index in [2.05, 4.69) is 0 Å². The summed E-state index contributed by atoms with van der Waals surface area (Å²) in [7, 11) is 0. The fourth-order valence-electron chi connectivity index (χ4n) is 2.46. The smallest absolute Gasteiger partial charge is 0.228 e. The van der Waals surface area contributed by atoms with Crippen molar-refractivity contribution in [2.75, 3.05) is 5.73 Å². The Labute approximate surface area is 89.5 Å². The molecular formula is C12H16N2O. The van der Waals surface area contributed by atoms with Gasteiger partial charge in [-0.15, -0.1) is 0 Å². The van der Waals surface area contributed by atoms with E-state index in [1.54, 1.807) is 0 Å². The van der Waals surface area contributed by atoms with Crippen LogP contribution in [-0.4, -0.2) is 5.91 Å². The van der Waals surface area contributed by atoms with Crippen LogP contribution in [0.2, 0.25) is 0 Å². The molecule has 1 aliphatic rings. The van der Waals surface area contributed by atoms with Crippen LogP contribution in [0.5, 0.6) is 0 Å². The Bertz CT molecular complexity index is 364. The van der Waals surface area contributed by atoms with Gasteiger partial charge in [0.05, 0.1) is 5.41 Å². The third-order valence-corrected chi connectivity index (χ3v) is 3.39. The third kappa shape index (κ3) is 1.58. The lowest BCUT2D eigenvalue weighted by molar-refractivity contribution is -0.123. The molecule has 0 aromatic heterocycles. The Balaban J connectivity index is 2.41. The van der Waals surface area contributed by atoms with Crippen LogP contribution in [-0.2, 0) is 10.2 Å². The van der Waals surface area contributed by atoms with Gasteiger partial charge in [-0.3, -0.25) is 4.79 Å². The fourth-order valence-corrected chi connectivity index (χ4v) is 2.46. The maximum atomic E-state index is 11.6. The predicted octanol–water partition coefficient (Wildman–Crippen LogP) is 1.57. The molecule has 15 heavy (non-hydrogen) atoms. The Morgan fingerprint density at radius 1 is 1.13 bits per heavy atom. The Morgan fingerprint density at radius 3 is 2.13 bits per heavy atom. The molecule has 0 unspecified atom stereocenters. The summed E-state index contributed by atoms with van der Waals surface area (Å²) in [6.07, 6.45) is 3.89. The molecule has 1 aromatic rings. The standard InChI is InChI=1S/C12H16N2O/c13-10-5-3-9(4-6-10)12(11(14)15)7-1-2-8-12/h3-6H,1-2,7-8,13H2,(H2,14,15). The molecule has 0 atom stereocenters. The number of hydrogen-bond acceptors (Lipinski definition) is 2. The summed E-state index contributed by atoms with van der Waals surface area (Å²) in [5.74, 6) is -0.204. The third-order valence-electron chi connectivity index (χ3n) is 3.39. The lowest BCUT2D eigenvalue weighted by Gasteiger charge is -2.25. The van der Waals surface area contributed by atoms with Crippen molar-refractivity contribution in [3.8, 4) is 0 Å². The lowest BCUT2D eigenvalue weighted by atomic mass is 9.78. The minimum Gasteiger partial charge on any atom is -0.399 e. The molecule has 0 aliphatic heterocycles. The zero-order valence-electron chi connectivity index (χ0n) is 8.70. The highest BCUT2D eigenvalue weighted by atomic mass is 16.1. The first-order chi connectivity index (χ1) is 7.15. The van der Waals surface area contributed by atoms with Crippen molar-refractivity contribution in [1.82, 2.24) is 0 Å². The van der Waals surface area contributed by atoms with E-state index in [9.17, 15) is 4.79 Å². The zero-order chi connectivity index (χ0) is 10.9. The van der Waals surface area contributed by atoms with Crippen molar-refractivity contribution in [2.24, 2.45) is 5.73 Å². The second kappa shape index (κ2) is 3.57. The van der Waals surface area contributed by atoms with Gasteiger partial charge in [0.25, 0.3) is 0 Å². The van der Waals surface area contributed by atoms with Gasteiger partial charge >= 0.3 is 0 Å². The first-order valence-electron chi connectivity index (χ1n) is 5.31. The number of nitrogen functional groups attached to an aromatic ring is 1. The van der Waals surface area contributed by atoms with Gasteiger partial charge < -0.3 is 11.5 Å². The van der Waals surface area contributed by atoms with Gasteiger partial charge in [-0.2, -0.15) is 0 Å². The average Bonchev–Trinajstić information content (AvgIpc) is 2.69. The minimum atomic E-state index is -0.437. The maximum Gasteiger partial charge on any atom is 0.228 e. The van der Waals surface area contributed by atoms with Crippen LogP contribution < -0.4 is 11.5 Å². The van der Waals surface area contributed by atoms with Crippen molar-refractivity contribution >= 4 is 11.6 Å². The molecule has 1 fully saturated rings. The van der Waals surface area contributed by atoms with Crippen molar-refractivity contribution in [1.29, 1.82) is 0 Å². The molecule has 1 saturated carbocycles. The summed E-state index contributed by atoms with van der Waals surface area (Å²) in [5.41, 5.74) is 12.5. The number of nitrogens with two attached hydrogens (primary N) is 2. The zero-order valence-corrected chi connectivity index (χ0v) is 8.70. The van der Waals surface area contributed by atoms with Crippen LogP contribution in [0, 0.1) is 0 Å². The van der Waals surface area contributed by atoms with E-state index in [0.717, 1.165) is 36.9 Å². The molecule has 0 radical (unpaired) electrons. The number of hydrogen-bond donors (Lipinski definition) is 2. The van der Waals surface area contributed by atoms with Crippen LogP contribution in [0.15, 0.2) is 24.3 Å². The number of carbonyl (C=O) groups is 1. The summed E-state index contributed by atoms with van der Waals surface area (Å²) < 4.78 is 0. The normalized spacial score (nSPS) is 18.9. The summed E-state index contributed by atoms with van der Waals surface area (Å²) in [5, 5.41) is 0. The highest BCUT2D eigenvalue weighted by molar-refractivity contribution is 5.87. The van der Waals surface area contributed by atoms with Crippen LogP contribution in [0.4, 0.5) is 5.69 Å². The summed E-state index contributed by atoms with van der Waals surface area (Å²) in [4.78, 5) is 11.6. The van der Waals surface area contributed by atoms with E-state index >= 15 is 0 Å². The molecule has 0 bridgehead atoms. The molecule has 0 spiro atoms. The molecule has 3 nitrogen and oxygen atoms in total. The molecule has 2 rings (SSSR count). The summed E-state index contributed by atoms with van der Waals surface area (Å²) in [6, 6.07) is 7.51. The topological polar surface area (TPSA) is 69.1 Å². The van der Waals surface area contributed by atoms with Crippen LogP contribution in [0.1, 0.15) is 31.2 Å². The summed E-state index contributed by atoms with van der Waals surface area (Å²) >= 11 is 0. The van der Waals surface area contributed by atoms with E-state index in [1.807, 2.05) is 24.3 Å². The number of benzene rings is 1. The molecule has 1 aromatic carbocycles. The number of carbonyl (C=O) groups excluding carboxylic acids is 1. The van der Waals surface area contributed by atoms with Gasteiger partial charge in [0.2, 0.25) is 5.91 Å². The van der Waals surface area contributed by atoms with E-state index in [1.165, 1.54) is 0 Å². The molecule has 4 N–H and O–H groups in total. The highest BCUT2D eigenvalue weighted by Gasteiger charge is 2.40. The molecule has 1 amide bonds. The Morgan fingerprint density at radius 2 is 1.67 bits per heavy atom. The first kappa shape index (κ1) is 10.0. The van der Waals surface area contributed by atoms with E-state index in [4.69, 9.17) is 11.5 Å². The van der Waals surface area contributed by atoms with Gasteiger partial charge in [-0.1, -0.05) is 25.0 Å². The Kier molecular flexibility index (Phi) is 2.39. The quantitative estimate of drug-likeness (QED) is 0.718. The first-order valence-corrected chi connectivity index (χ1v) is 5.31. The van der Waals surface area contributed by atoms with Gasteiger partial charge in [0.1, 0.15) is 0 Å². The van der Waals surface area contributed by atoms with Crippen LogP contribution >= 0.6 is 0 Å². The fraction of sp³-hybridized carbons (Fsp3) is 0.417. The second-order valence-corrected chi connectivity index (χ2v) is 4.28. The number of anilines is 1. The minimum absolute atomic E-state index is 0.204. The van der Waals surface area contributed by atoms with E-state index in [0.29, 0.717) is 0 Å². The molecule has 3 heteroatoms. The van der Waals surface area contributed by atoms with Gasteiger partial charge in [0, 0.05) is 5.69 Å². The largest absolute Gasteiger partial charge is 0.399 e. The van der Waals surface area contributed by atoms with Crippen molar-refractivity contribution in [3.05, 3.63) is 29.8 Å². The van der Waals surface area contributed by atoms with Crippen molar-refractivity contribution in [3.63, 3.8) is 0 Å². The van der Waals surface area contributed by atoms with E-state index in [-0.39, 0.29) is 5.91 Å². The molecule has 0 heterocycles. The molecule has 1 aliphatic carbocycles. The second-order valence-electron chi connectivity index (χ2n) is 4.28. The Hall–Kier alpha value is -1.51.